The number of nitriles is 2. The number of aromatic nitrogens is 3. The number of fused-ring (bicyclic) bond motifs is 4. The van der Waals surface area contributed by atoms with E-state index >= 15 is 4.39 Å². The molecular weight excluding hydrogens is 589 g/mol. The Labute approximate surface area is 266 Å². The summed E-state index contributed by atoms with van der Waals surface area (Å²) in [6, 6.07) is 17.5. The van der Waals surface area contributed by atoms with Crippen molar-refractivity contribution in [3.63, 3.8) is 0 Å². The zero-order valence-electron chi connectivity index (χ0n) is 25.2. The molecule has 228 valence electrons. The van der Waals surface area contributed by atoms with E-state index in [1.54, 1.807) is 24.4 Å². The number of likely N-dealkylation sites (N-methyl/N-ethyl adjacent to an activating group) is 1. The van der Waals surface area contributed by atoms with Gasteiger partial charge in [-0.1, -0.05) is 41.9 Å². The Bertz CT molecular complexity index is 2020. The van der Waals surface area contributed by atoms with E-state index in [4.69, 9.17) is 26.4 Å². The summed E-state index contributed by atoms with van der Waals surface area (Å²) in [6.45, 7) is 3.79. The largest absolute Gasteiger partial charge is 0.472 e. The molecule has 2 fully saturated rings. The fourth-order valence-corrected chi connectivity index (χ4v) is 7.65. The molecule has 4 atom stereocenters. The molecule has 5 aromatic rings. The van der Waals surface area contributed by atoms with Crippen LogP contribution in [-0.2, 0) is 0 Å². The molecule has 2 aromatic heterocycles. The lowest BCUT2D eigenvalue weighted by molar-refractivity contribution is 0.119. The molecule has 45 heavy (non-hydrogen) atoms. The van der Waals surface area contributed by atoms with E-state index in [1.165, 1.54) is 0 Å². The second-order valence-corrected chi connectivity index (χ2v) is 12.6. The quantitative estimate of drug-likeness (QED) is 0.215. The summed E-state index contributed by atoms with van der Waals surface area (Å²) >= 11 is 6.97. The van der Waals surface area contributed by atoms with Crippen LogP contribution in [0.5, 0.6) is 5.88 Å². The molecule has 3 aromatic carbocycles. The van der Waals surface area contributed by atoms with Crippen LogP contribution in [0.4, 0.5) is 4.39 Å². The lowest BCUT2D eigenvalue weighted by atomic mass is 9.93. The molecule has 1 unspecified atom stereocenters. The Morgan fingerprint density at radius 3 is 2.76 bits per heavy atom. The van der Waals surface area contributed by atoms with E-state index in [0.717, 1.165) is 44.2 Å². The highest BCUT2D eigenvalue weighted by atomic mass is 35.5. The fourth-order valence-electron chi connectivity index (χ4n) is 7.36. The van der Waals surface area contributed by atoms with Gasteiger partial charge in [-0.15, -0.1) is 0 Å². The van der Waals surface area contributed by atoms with Gasteiger partial charge >= 0.3 is 0 Å². The van der Waals surface area contributed by atoms with E-state index < -0.39 is 5.82 Å². The number of likely N-dealkylation sites (tertiary alicyclic amines) is 1. The average Bonchev–Trinajstić information content (AvgIpc) is 3.69. The SMILES string of the molecule is C[C@H](Oc1nc2c(F)c(-c3cccc4cccc(C#N)c34)c(Cl)cc2c2c1cnn2[C@H]1CCN[C@H](CC#N)C1)C1CCCN1C. The number of pyridine rings is 1. The van der Waals surface area contributed by atoms with Crippen LogP contribution in [-0.4, -0.2) is 58.0 Å². The van der Waals surface area contributed by atoms with Crippen LogP contribution in [0.3, 0.4) is 0 Å². The number of hydrogen-bond acceptors (Lipinski definition) is 7. The van der Waals surface area contributed by atoms with Crippen LogP contribution in [0.15, 0.2) is 48.7 Å². The fraction of sp³-hybridized carbons (Fsp3) is 0.371. The third kappa shape index (κ3) is 5.06. The van der Waals surface area contributed by atoms with Crippen LogP contribution in [0.25, 0.3) is 43.7 Å². The summed E-state index contributed by atoms with van der Waals surface area (Å²) in [5, 5.41) is 30.4. The Morgan fingerprint density at radius 2 is 2.00 bits per heavy atom. The van der Waals surface area contributed by atoms with Gasteiger partial charge in [-0.05, 0) is 75.8 Å². The van der Waals surface area contributed by atoms with E-state index in [-0.39, 0.29) is 40.3 Å². The minimum absolute atomic E-state index is 0.00305. The highest BCUT2D eigenvalue weighted by Gasteiger charge is 2.31. The molecule has 0 bridgehead atoms. The number of benzene rings is 3. The topological polar surface area (TPSA) is 103 Å². The van der Waals surface area contributed by atoms with E-state index in [9.17, 15) is 10.5 Å². The summed E-state index contributed by atoms with van der Waals surface area (Å²) in [4.78, 5) is 7.14. The number of piperidine rings is 1. The standard InChI is InChI=1S/C35H33ClFN7O/c1-20(29-10-5-15-43(29)2)45-35-27-19-41-44(24-12-14-40-23(16-24)11-13-38)34(27)26-17-28(36)31(32(37)33(26)42-35)25-9-4-7-21-6-3-8-22(18-39)30(21)25/h3-4,6-9,17,19-20,23-24,29,40H,5,10-12,14-16H2,1-2H3/t20-,23+,24-,29?/m0/s1. The van der Waals surface area contributed by atoms with Gasteiger partial charge in [0.1, 0.15) is 11.6 Å². The summed E-state index contributed by atoms with van der Waals surface area (Å²) in [6.07, 6.45) is 5.61. The second kappa shape index (κ2) is 11.9. The Kier molecular flexibility index (Phi) is 7.79. The van der Waals surface area contributed by atoms with E-state index in [2.05, 4.69) is 29.4 Å². The van der Waals surface area contributed by atoms with Crippen molar-refractivity contribution in [2.75, 3.05) is 20.1 Å². The first kappa shape index (κ1) is 29.4. The molecule has 4 heterocycles. The predicted molar refractivity (Wildman–Crippen MR) is 174 cm³/mol. The number of nitrogens with zero attached hydrogens (tertiary/aromatic N) is 6. The Morgan fingerprint density at radius 1 is 1.18 bits per heavy atom. The summed E-state index contributed by atoms with van der Waals surface area (Å²) in [5.74, 6) is -0.239. The van der Waals surface area contributed by atoms with Crippen molar-refractivity contribution in [2.45, 2.75) is 63.3 Å². The maximum absolute atomic E-state index is 17.1. The van der Waals surface area contributed by atoms with Gasteiger partial charge in [-0.3, -0.25) is 9.58 Å². The molecule has 0 saturated carbocycles. The maximum Gasteiger partial charge on any atom is 0.225 e. The lowest BCUT2D eigenvalue weighted by Gasteiger charge is -2.30. The van der Waals surface area contributed by atoms with Gasteiger partial charge in [0.2, 0.25) is 5.88 Å². The summed E-state index contributed by atoms with van der Waals surface area (Å²) in [7, 11) is 2.10. The zero-order valence-corrected chi connectivity index (χ0v) is 26.0. The molecule has 0 amide bonds. The van der Waals surface area contributed by atoms with Gasteiger partial charge in [0.25, 0.3) is 0 Å². The van der Waals surface area contributed by atoms with Crippen molar-refractivity contribution in [3.8, 4) is 29.1 Å². The number of rotatable bonds is 6. The van der Waals surface area contributed by atoms with Crippen LogP contribution >= 0.6 is 11.6 Å². The lowest BCUT2D eigenvalue weighted by Crippen LogP contribution is -2.38. The third-order valence-electron chi connectivity index (χ3n) is 9.55. The number of halogens is 2. The maximum atomic E-state index is 17.1. The van der Waals surface area contributed by atoms with Crippen LogP contribution < -0.4 is 10.1 Å². The number of nitrogens with one attached hydrogen (secondary N) is 1. The minimum Gasteiger partial charge on any atom is -0.472 e. The molecule has 2 aliphatic heterocycles. The van der Waals surface area contributed by atoms with Gasteiger partial charge in [0.05, 0.1) is 52.3 Å². The highest BCUT2D eigenvalue weighted by Crippen LogP contribution is 2.43. The predicted octanol–water partition coefficient (Wildman–Crippen LogP) is 7.14. The number of hydrogen-bond donors (Lipinski definition) is 1. The van der Waals surface area contributed by atoms with Crippen LogP contribution in [0.1, 0.15) is 50.6 Å². The zero-order chi connectivity index (χ0) is 31.2. The van der Waals surface area contributed by atoms with Crippen molar-refractivity contribution in [3.05, 3.63) is 65.1 Å². The monoisotopic (exact) mass is 621 g/mol. The first-order valence-corrected chi connectivity index (χ1v) is 15.9. The van der Waals surface area contributed by atoms with Crippen molar-refractivity contribution in [1.82, 2.24) is 25.0 Å². The number of ether oxygens (including phenoxy) is 1. The van der Waals surface area contributed by atoms with E-state index in [1.807, 2.05) is 35.9 Å². The van der Waals surface area contributed by atoms with Gasteiger partial charge < -0.3 is 10.1 Å². The second-order valence-electron chi connectivity index (χ2n) is 12.2. The molecule has 0 aliphatic carbocycles. The molecule has 1 N–H and O–H groups in total. The Balaban J connectivity index is 1.46. The molecule has 8 nitrogen and oxygen atoms in total. The molecular formula is C35H33ClFN7O. The third-order valence-corrected chi connectivity index (χ3v) is 9.85. The van der Waals surface area contributed by atoms with Gasteiger partial charge in [0.15, 0.2) is 5.82 Å². The average molecular weight is 622 g/mol. The normalized spacial score (nSPS) is 21.2. The van der Waals surface area contributed by atoms with Crippen LogP contribution in [0.2, 0.25) is 5.02 Å². The molecule has 2 saturated heterocycles. The first-order valence-electron chi connectivity index (χ1n) is 15.5. The molecule has 0 spiro atoms. The van der Waals surface area contributed by atoms with Crippen molar-refractivity contribution >= 4 is 44.2 Å². The van der Waals surface area contributed by atoms with Crippen molar-refractivity contribution in [2.24, 2.45) is 0 Å². The minimum atomic E-state index is -0.574. The van der Waals surface area contributed by atoms with Gasteiger partial charge in [-0.2, -0.15) is 15.6 Å². The van der Waals surface area contributed by atoms with E-state index in [0.29, 0.717) is 45.1 Å². The Hall–Kier alpha value is -4.28. The summed E-state index contributed by atoms with van der Waals surface area (Å²) < 4.78 is 25.6. The molecule has 7 rings (SSSR count). The van der Waals surface area contributed by atoms with Crippen molar-refractivity contribution < 1.29 is 9.13 Å². The van der Waals surface area contributed by atoms with Crippen LogP contribution in [0, 0.1) is 28.5 Å². The van der Waals surface area contributed by atoms with Crippen molar-refractivity contribution in [1.29, 1.82) is 10.5 Å². The summed E-state index contributed by atoms with van der Waals surface area (Å²) in [5.41, 5.74) is 2.02. The molecule has 2 aliphatic rings. The van der Waals surface area contributed by atoms with Gasteiger partial charge in [-0.25, -0.2) is 9.37 Å². The molecule has 0 radical (unpaired) electrons. The smallest absolute Gasteiger partial charge is 0.225 e. The highest BCUT2D eigenvalue weighted by molar-refractivity contribution is 6.35. The molecule has 10 heteroatoms. The van der Waals surface area contributed by atoms with Gasteiger partial charge in [0, 0.05) is 28.4 Å². The first-order chi connectivity index (χ1) is 21.9.